The maximum absolute atomic E-state index is 12.0. The number of ether oxygens (including phenoxy) is 1. The first-order valence-electron chi connectivity index (χ1n) is 8.48. The summed E-state index contributed by atoms with van der Waals surface area (Å²) in [5, 5.41) is 7.87. The second-order valence-electron chi connectivity index (χ2n) is 5.82. The number of methoxy groups -OCH3 is 1. The van der Waals surface area contributed by atoms with Gasteiger partial charge in [0.2, 0.25) is 0 Å². The van der Waals surface area contributed by atoms with Crippen LogP contribution in [0.1, 0.15) is 0 Å². The molecule has 0 unspecified atom stereocenters. The van der Waals surface area contributed by atoms with E-state index in [2.05, 4.69) is 26.8 Å². The van der Waals surface area contributed by atoms with Gasteiger partial charge in [0, 0.05) is 30.2 Å². The van der Waals surface area contributed by atoms with Gasteiger partial charge in [0.05, 0.1) is 7.11 Å². The van der Waals surface area contributed by atoms with Crippen molar-refractivity contribution in [3.05, 3.63) is 48.5 Å². The fourth-order valence-corrected chi connectivity index (χ4v) is 2.58. The molecule has 0 saturated carbocycles. The molecule has 0 bridgehead atoms. The van der Waals surface area contributed by atoms with Crippen molar-refractivity contribution in [3.8, 4) is 5.75 Å². The van der Waals surface area contributed by atoms with Gasteiger partial charge in [-0.25, -0.2) is 25.2 Å². The third-order valence-electron chi connectivity index (χ3n) is 3.91. The number of nitrogens with zero attached hydrogens (tertiary/aromatic N) is 1. The SMILES string of the molecule is COc1ccc(NC(=O)NNC(=O)Nc2cccc(N3CCNC3=O)c2)cc1. The van der Waals surface area contributed by atoms with Crippen molar-refractivity contribution in [2.75, 3.05) is 35.7 Å². The summed E-state index contributed by atoms with van der Waals surface area (Å²) in [7, 11) is 1.55. The van der Waals surface area contributed by atoms with E-state index in [0.717, 1.165) is 0 Å². The Morgan fingerprint density at radius 3 is 2.29 bits per heavy atom. The molecule has 2 aromatic carbocycles. The molecular weight excluding hydrogens is 364 g/mol. The molecule has 1 aliphatic heterocycles. The Morgan fingerprint density at radius 2 is 1.68 bits per heavy atom. The van der Waals surface area contributed by atoms with Crippen LogP contribution in [0, 0.1) is 0 Å². The lowest BCUT2D eigenvalue weighted by Gasteiger charge is -2.16. The third kappa shape index (κ3) is 4.81. The first-order chi connectivity index (χ1) is 13.5. The van der Waals surface area contributed by atoms with Crippen molar-refractivity contribution in [2.24, 2.45) is 0 Å². The van der Waals surface area contributed by atoms with E-state index in [0.29, 0.717) is 35.9 Å². The Hall–Kier alpha value is -3.95. The molecule has 0 aromatic heterocycles. The second kappa shape index (κ2) is 8.62. The van der Waals surface area contributed by atoms with Crippen LogP contribution in [-0.4, -0.2) is 38.3 Å². The summed E-state index contributed by atoms with van der Waals surface area (Å²) in [4.78, 5) is 37.1. The van der Waals surface area contributed by atoms with Gasteiger partial charge in [-0.15, -0.1) is 0 Å². The molecule has 2 aromatic rings. The number of hydrazine groups is 1. The molecule has 10 heteroatoms. The highest BCUT2D eigenvalue weighted by Crippen LogP contribution is 2.20. The molecule has 146 valence electrons. The number of rotatable bonds is 4. The quantitative estimate of drug-likeness (QED) is 0.518. The van der Waals surface area contributed by atoms with Crippen molar-refractivity contribution in [2.45, 2.75) is 0 Å². The lowest BCUT2D eigenvalue weighted by atomic mass is 10.2. The fourth-order valence-electron chi connectivity index (χ4n) is 2.58. The van der Waals surface area contributed by atoms with Gasteiger partial charge in [-0.2, -0.15) is 0 Å². The van der Waals surface area contributed by atoms with Crippen LogP contribution < -0.4 is 36.4 Å². The molecule has 6 amide bonds. The minimum Gasteiger partial charge on any atom is -0.497 e. The largest absolute Gasteiger partial charge is 0.497 e. The van der Waals surface area contributed by atoms with E-state index >= 15 is 0 Å². The molecule has 5 N–H and O–H groups in total. The minimum atomic E-state index is -0.632. The number of benzene rings is 2. The molecule has 1 aliphatic rings. The number of anilines is 3. The number of amides is 6. The van der Waals surface area contributed by atoms with Gasteiger partial charge >= 0.3 is 18.1 Å². The highest BCUT2D eigenvalue weighted by molar-refractivity contribution is 5.96. The van der Waals surface area contributed by atoms with Crippen LogP contribution >= 0.6 is 0 Å². The Bertz CT molecular complexity index is 871. The summed E-state index contributed by atoms with van der Waals surface area (Å²) < 4.78 is 5.04. The van der Waals surface area contributed by atoms with E-state index in [-0.39, 0.29) is 6.03 Å². The van der Waals surface area contributed by atoms with Gasteiger partial charge in [0.25, 0.3) is 0 Å². The van der Waals surface area contributed by atoms with E-state index < -0.39 is 12.1 Å². The molecule has 0 radical (unpaired) electrons. The molecule has 0 aliphatic carbocycles. The zero-order chi connectivity index (χ0) is 19.9. The summed E-state index contributed by atoms with van der Waals surface area (Å²) in [5.41, 5.74) is 6.16. The second-order valence-corrected chi connectivity index (χ2v) is 5.82. The van der Waals surface area contributed by atoms with Gasteiger partial charge in [-0.05, 0) is 42.5 Å². The van der Waals surface area contributed by atoms with Crippen molar-refractivity contribution >= 4 is 35.2 Å². The van der Waals surface area contributed by atoms with Crippen molar-refractivity contribution in [3.63, 3.8) is 0 Å². The van der Waals surface area contributed by atoms with E-state index in [1.165, 1.54) is 0 Å². The average Bonchev–Trinajstić information content (AvgIpc) is 3.13. The summed E-state index contributed by atoms with van der Waals surface area (Å²) in [5.74, 6) is 0.664. The van der Waals surface area contributed by atoms with Gasteiger partial charge < -0.3 is 20.7 Å². The van der Waals surface area contributed by atoms with Crippen LogP contribution in [0.5, 0.6) is 5.75 Å². The molecule has 0 spiro atoms. The van der Waals surface area contributed by atoms with Gasteiger partial charge in [0.1, 0.15) is 5.75 Å². The Labute approximate surface area is 161 Å². The summed E-state index contributed by atoms with van der Waals surface area (Å²) >= 11 is 0. The molecule has 0 atom stereocenters. The minimum absolute atomic E-state index is 0.182. The summed E-state index contributed by atoms with van der Waals surface area (Å²) in [6.07, 6.45) is 0. The first-order valence-corrected chi connectivity index (χ1v) is 8.48. The summed E-state index contributed by atoms with van der Waals surface area (Å²) in [6.45, 7) is 1.13. The van der Waals surface area contributed by atoms with Gasteiger partial charge in [0.15, 0.2) is 0 Å². The van der Waals surface area contributed by atoms with Crippen molar-refractivity contribution in [1.29, 1.82) is 0 Å². The maximum atomic E-state index is 12.0. The van der Waals surface area contributed by atoms with Gasteiger partial charge in [-0.3, -0.25) is 4.90 Å². The highest BCUT2D eigenvalue weighted by atomic mass is 16.5. The molecule has 10 nitrogen and oxygen atoms in total. The molecule has 1 saturated heterocycles. The van der Waals surface area contributed by atoms with Crippen molar-refractivity contribution < 1.29 is 19.1 Å². The van der Waals surface area contributed by atoms with Crippen LogP contribution in [0.2, 0.25) is 0 Å². The van der Waals surface area contributed by atoms with Crippen molar-refractivity contribution in [1.82, 2.24) is 16.2 Å². The average molecular weight is 384 g/mol. The Morgan fingerprint density at radius 1 is 1.00 bits per heavy atom. The van der Waals surface area contributed by atoms with Gasteiger partial charge in [-0.1, -0.05) is 6.07 Å². The molecule has 1 fully saturated rings. The number of carbonyl (C=O) groups excluding carboxylic acids is 3. The predicted molar refractivity (Wildman–Crippen MR) is 104 cm³/mol. The lowest BCUT2D eigenvalue weighted by Crippen LogP contribution is -2.45. The predicted octanol–water partition coefficient (Wildman–Crippen LogP) is 2.08. The standard InChI is InChI=1S/C18H20N6O4/c1-28-15-7-5-12(6-8-15)20-16(25)22-23-17(26)21-13-3-2-4-14(11-13)24-10-9-19-18(24)27/h2-8,11H,9-10H2,1H3,(H,19,27)(H2,20,22,25)(H2,21,23,26). The van der Waals surface area contributed by atoms with Crippen LogP contribution in [0.15, 0.2) is 48.5 Å². The third-order valence-corrected chi connectivity index (χ3v) is 3.91. The zero-order valence-corrected chi connectivity index (χ0v) is 15.1. The smallest absolute Gasteiger partial charge is 0.337 e. The number of hydrogen-bond donors (Lipinski definition) is 5. The number of nitrogens with one attached hydrogen (secondary N) is 5. The number of carbonyl (C=O) groups is 3. The molecule has 3 rings (SSSR count). The molecular formula is C18H20N6O4. The summed E-state index contributed by atoms with van der Waals surface area (Å²) in [6, 6.07) is 12.1. The topological polar surface area (TPSA) is 124 Å². The van der Waals surface area contributed by atoms with E-state index in [1.807, 2.05) is 0 Å². The van der Waals surface area contributed by atoms with E-state index in [9.17, 15) is 14.4 Å². The van der Waals surface area contributed by atoms with Crippen LogP contribution in [0.25, 0.3) is 0 Å². The molecule has 1 heterocycles. The van der Waals surface area contributed by atoms with E-state index in [1.54, 1.807) is 60.5 Å². The number of hydrogen-bond acceptors (Lipinski definition) is 4. The van der Waals surface area contributed by atoms with Crippen LogP contribution in [-0.2, 0) is 0 Å². The lowest BCUT2D eigenvalue weighted by molar-refractivity contribution is 0.237. The Balaban J connectivity index is 1.48. The number of urea groups is 3. The fraction of sp³-hybridized carbons (Fsp3) is 0.167. The monoisotopic (exact) mass is 384 g/mol. The van der Waals surface area contributed by atoms with E-state index in [4.69, 9.17) is 4.74 Å². The Kier molecular flexibility index (Phi) is 5.80. The normalized spacial score (nSPS) is 12.8. The first kappa shape index (κ1) is 18.8. The highest BCUT2D eigenvalue weighted by Gasteiger charge is 2.21. The zero-order valence-electron chi connectivity index (χ0n) is 15.1. The van der Waals surface area contributed by atoms with Crippen LogP contribution in [0.3, 0.4) is 0 Å². The maximum Gasteiger partial charge on any atom is 0.337 e. The van der Waals surface area contributed by atoms with Crippen LogP contribution in [0.4, 0.5) is 31.4 Å². The molecule has 28 heavy (non-hydrogen) atoms.